The SMILES string of the molecule is CCN(CC)C(=O)CCCN1CC(C)C(N)C1. The summed E-state index contributed by atoms with van der Waals surface area (Å²) in [4.78, 5) is 16.1. The summed E-state index contributed by atoms with van der Waals surface area (Å²) >= 11 is 0. The number of carbonyl (C=O) groups excluding carboxylic acids is 1. The van der Waals surface area contributed by atoms with Crippen LogP contribution in [0.1, 0.15) is 33.6 Å². The van der Waals surface area contributed by atoms with Crippen LogP contribution in [0.4, 0.5) is 0 Å². The van der Waals surface area contributed by atoms with Crippen LogP contribution in [0.3, 0.4) is 0 Å². The van der Waals surface area contributed by atoms with Crippen molar-refractivity contribution < 1.29 is 4.79 Å². The van der Waals surface area contributed by atoms with Gasteiger partial charge in [-0.1, -0.05) is 6.92 Å². The van der Waals surface area contributed by atoms with E-state index in [1.165, 1.54) is 0 Å². The molecule has 2 N–H and O–H groups in total. The molecule has 0 aliphatic carbocycles. The lowest BCUT2D eigenvalue weighted by Gasteiger charge is -2.20. The molecule has 17 heavy (non-hydrogen) atoms. The number of likely N-dealkylation sites (tertiary alicyclic amines) is 1. The third-order valence-electron chi connectivity index (χ3n) is 3.73. The van der Waals surface area contributed by atoms with E-state index < -0.39 is 0 Å². The Morgan fingerprint density at radius 1 is 1.35 bits per heavy atom. The van der Waals surface area contributed by atoms with Crippen molar-refractivity contribution in [1.82, 2.24) is 9.80 Å². The lowest BCUT2D eigenvalue weighted by atomic mass is 10.1. The molecule has 0 aromatic heterocycles. The Bertz CT molecular complexity index is 231. The maximum Gasteiger partial charge on any atom is 0.222 e. The monoisotopic (exact) mass is 241 g/mol. The molecule has 1 amide bonds. The molecule has 0 radical (unpaired) electrons. The summed E-state index contributed by atoms with van der Waals surface area (Å²) in [5.74, 6) is 0.875. The molecule has 1 heterocycles. The van der Waals surface area contributed by atoms with Crippen LogP contribution in [-0.2, 0) is 4.79 Å². The Kier molecular flexibility index (Phi) is 5.92. The van der Waals surface area contributed by atoms with Crippen molar-refractivity contribution in [3.63, 3.8) is 0 Å². The molecular weight excluding hydrogens is 214 g/mol. The second-order valence-corrected chi connectivity index (χ2v) is 5.07. The number of rotatable bonds is 6. The standard InChI is InChI=1S/C13H27N3O/c1-4-16(5-2)13(17)7-6-8-15-9-11(3)12(14)10-15/h11-12H,4-10,14H2,1-3H3. The Labute approximate surface area is 105 Å². The molecule has 2 atom stereocenters. The van der Waals surface area contributed by atoms with E-state index in [0.29, 0.717) is 18.4 Å². The molecule has 1 rings (SSSR count). The molecule has 4 nitrogen and oxygen atoms in total. The predicted molar refractivity (Wildman–Crippen MR) is 70.7 cm³/mol. The van der Waals surface area contributed by atoms with Gasteiger partial charge in [0, 0.05) is 38.6 Å². The molecule has 0 saturated carbocycles. The zero-order chi connectivity index (χ0) is 12.8. The first kappa shape index (κ1) is 14.5. The molecule has 0 bridgehead atoms. The molecule has 1 aliphatic heterocycles. The van der Waals surface area contributed by atoms with Crippen molar-refractivity contribution in [2.75, 3.05) is 32.7 Å². The van der Waals surface area contributed by atoms with Gasteiger partial charge in [-0.2, -0.15) is 0 Å². The second kappa shape index (κ2) is 6.97. The van der Waals surface area contributed by atoms with E-state index in [-0.39, 0.29) is 5.91 Å². The van der Waals surface area contributed by atoms with Crippen molar-refractivity contribution in [3.05, 3.63) is 0 Å². The van der Waals surface area contributed by atoms with Gasteiger partial charge in [-0.15, -0.1) is 0 Å². The van der Waals surface area contributed by atoms with Crippen molar-refractivity contribution in [1.29, 1.82) is 0 Å². The molecular formula is C13H27N3O. The Morgan fingerprint density at radius 3 is 2.47 bits per heavy atom. The van der Waals surface area contributed by atoms with Gasteiger partial charge in [0.1, 0.15) is 0 Å². The molecule has 1 aliphatic rings. The van der Waals surface area contributed by atoms with Crippen molar-refractivity contribution >= 4 is 5.91 Å². The zero-order valence-corrected chi connectivity index (χ0v) is 11.5. The van der Waals surface area contributed by atoms with Crippen LogP contribution >= 0.6 is 0 Å². The maximum atomic E-state index is 11.8. The predicted octanol–water partition coefficient (Wildman–Crippen LogP) is 0.914. The number of amides is 1. The van der Waals surface area contributed by atoms with E-state index >= 15 is 0 Å². The smallest absolute Gasteiger partial charge is 0.222 e. The van der Waals surface area contributed by atoms with E-state index in [0.717, 1.165) is 39.1 Å². The molecule has 100 valence electrons. The van der Waals surface area contributed by atoms with E-state index in [2.05, 4.69) is 11.8 Å². The van der Waals surface area contributed by atoms with Crippen molar-refractivity contribution in [2.45, 2.75) is 39.7 Å². The van der Waals surface area contributed by atoms with Crippen molar-refractivity contribution in [2.24, 2.45) is 11.7 Å². The second-order valence-electron chi connectivity index (χ2n) is 5.07. The van der Waals surface area contributed by atoms with Crippen LogP contribution in [0, 0.1) is 5.92 Å². The largest absolute Gasteiger partial charge is 0.343 e. The van der Waals surface area contributed by atoms with Gasteiger partial charge in [0.05, 0.1) is 0 Å². The first-order valence-corrected chi connectivity index (χ1v) is 6.84. The fourth-order valence-corrected chi connectivity index (χ4v) is 2.47. The lowest BCUT2D eigenvalue weighted by molar-refractivity contribution is -0.130. The third kappa shape index (κ3) is 4.28. The number of hydrogen-bond donors (Lipinski definition) is 1. The van der Waals surface area contributed by atoms with Gasteiger partial charge < -0.3 is 15.5 Å². The topological polar surface area (TPSA) is 49.6 Å². The Hall–Kier alpha value is -0.610. The molecule has 1 saturated heterocycles. The van der Waals surface area contributed by atoms with Crippen molar-refractivity contribution in [3.8, 4) is 0 Å². The van der Waals surface area contributed by atoms with Crippen LogP contribution < -0.4 is 5.73 Å². The Balaban J connectivity index is 2.18. The van der Waals surface area contributed by atoms with Crippen LogP contribution in [0.2, 0.25) is 0 Å². The van der Waals surface area contributed by atoms with Gasteiger partial charge in [0.25, 0.3) is 0 Å². The van der Waals surface area contributed by atoms with Crippen LogP contribution in [0.5, 0.6) is 0 Å². The summed E-state index contributed by atoms with van der Waals surface area (Å²) in [7, 11) is 0. The van der Waals surface area contributed by atoms with Gasteiger partial charge in [-0.3, -0.25) is 4.79 Å². The minimum Gasteiger partial charge on any atom is -0.343 e. The fraction of sp³-hybridized carbons (Fsp3) is 0.923. The zero-order valence-electron chi connectivity index (χ0n) is 11.5. The first-order valence-electron chi connectivity index (χ1n) is 6.84. The van der Waals surface area contributed by atoms with E-state index in [1.807, 2.05) is 18.7 Å². The molecule has 0 aromatic rings. The maximum absolute atomic E-state index is 11.8. The summed E-state index contributed by atoms with van der Waals surface area (Å²) in [6.45, 7) is 11.0. The summed E-state index contributed by atoms with van der Waals surface area (Å²) < 4.78 is 0. The Morgan fingerprint density at radius 2 is 2.00 bits per heavy atom. The van der Waals surface area contributed by atoms with Gasteiger partial charge in [-0.25, -0.2) is 0 Å². The summed E-state index contributed by atoms with van der Waals surface area (Å²) in [6, 6.07) is 0.313. The highest BCUT2D eigenvalue weighted by molar-refractivity contribution is 5.76. The number of hydrogen-bond acceptors (Lipinski definition) is 3. The van der Waals surface area contributed by atoms with E-state index in [1.54, 1.807) is 0 Å². The average molecular weight is 241 g/mol. The molecule has 1 fully saturated rings. The highest BCUT2D eigenvalue weighted by Crippen LogP contribution is 2.14. The van der Waals surface area contributed by atoms with E-state index in [4.69, 9.17) is 5.73 Å². The summed E-state index contributed by atoms with van der Waals surface area (Å²) in [5, 5.41) is 0. The van der Waals surface area contributed by atoms with E-state index in [9.17, 15) is 4.79 Å². The number of nitrogens with zero attached hydrogens (tertiary/aromatic N) is 2. The van der Waals surface area contributed by atoms with Gasteiger partial charge >= 0.3 is 0 Å². The quantitative estimate of drug-likeness (QED) is 0.752. The van der Waals surface area contributed by atoms with Crippen LogP contribution in [0.25, 0.3) is 0 Å². The third-order valence-corrected chi connectivity index (χ3v) is 3.73. The minimum absolute atomic E-state index is 0.284. The molecule has 0 spiro atoms. The molecule has 2 unspecified atom stereocenters. The fourth-order valence-electron chi connectivity index (χ4n) is 2.47. The van der Waals surface area contributed by atoms with Crippen LogP contribution in [-0.4, -0.2) is 54.5 Å². The average Bonchev–Trinajstić information content (AvgIpc) is 2.60. The first-order chi connectivity index (χ1) is 8.08. The lowest BCUT2D eigenvalue weighted by Crippen LogP contribution is -2.32. The highest BCUT2D eigenvalue weighted by atomic mass is 16.2. The normalized spacial score (nSPS) is 25.2. The van der Waals surface area contributed by atoms with Crippen LogP contribution in [0.15, 0.2) is 0 Å². The van der Waals surface area contributed by atoms with Gasteiger partial charge in [0.2, 0.25) is 5.91 Å². The summed E-state index contributed by atoms with van der Waals surface area (Å²) in [6.07, 6.45) is 1.62. The minimum atomic E-state index is 0.284. The number of carbonyl (C=O) groups is 1. The van der Waals surface area contributed by atoms with Gasteiger partial charge in [0.15, 0.2) is 0 Å². The highest BCUT2D eigenvalue weighted by Gasteiger charge is 2.25. The summed E-state index contributed by atoms with van der Waals surface area (Å²) in [5.41, 5.74) is 5.97. The van der Waals surface area contributed by atoms with Gasteiger partial charge in [-0.05, 0) is 32.7 Å². The number of nitrogens with two attached hydrogens (primary N) is 1. The molecule has 4 heteroatoms. The molecule has 0 aromatic carbocycles.